The van der Waals surface area contributed by atoms with Gasteiger partial charge in [0, 0.05) is 43.2 Å². The molecular formula is C18H18F3N3O. The number of benzene rings is 1. The van der Waals surface area contributed by atoms with Gasteiger partial charge in [0.05, 0.1) is 0 Å². The van der Waals surface area contributed by atoms with Gasteiger partial charge in [-0.3, -0.25) is 9.78 Å². The van der Waals surface area contributed by atoms with Gasteiger partial charge in [-0.2, -0.15) is 13.2 Å². The number of carbonyl (C=O) groups excluding carboxylic acids is 1. The summed E-state index contributed by atoms with van der Waals surface area (Å²) in [6.07, 6.45) is -0.402. The summed E-state index contributed by atoms with van der Waals surface area (Å²) in [4.78, 5) is 17.3. The molecular weight excluding hydrogens is 331 g/mol. The van der Waals surface area contributed by atoms with Gasteiger partial charge in [-0.15, -0.1) is 0 Å². The molecule has 1 atom stereocenters. The Morgan fingerprint density at radius 2 is 1.96 bits per heavy atom. The van der Waals surface area contributed by atoms with Crippen LogP contribution in [0.5, 0.6) is 0 Å². The summed E-state index contributed by atoms with van der Waals surface area (Å²) in [6, 6.07) is 7.98. The largest absolute Gasteiger partial charge is 0.408 e. The number of carbonyl (C=O) groups is 1. The Morgan fingerprint density at radius 3 is 2.60 bits per heavy atom. The second kappa shape index (κ2) is 7.13. The van der Waals surface area contributed by atoms with E-state index in [9.17, 15) is 18.0 Å². The van der Waals surface area contributed by atoms with Crippen LogP contribution in [0.2, 0.25) is 0 Å². The highest BCUT2D eigenvalue weighted by molar-refractivity contribution is 5.95. The smallest absolute Gasteiger partial charge is 0.374 e. The van der Waals surface area contributed by atoms with E-state index >= 15 is 0 Å². The average molecular weight is 349 g/mol. The van der Waals surface area contributed by atoms with E-state index in [2.05, 4.69) is 10.3 Å². The molecule has 1 fully saturated rings. The summed E-state index contributed by atoms with van der Waals surface area (Å²) in [7, 11) is 0. The molecule has 1 amide bonds. The van der Waals surface area contributed by atoms with Crippen molar-refractivity contribution in [2.24, 2.45) is 0 Å². The molecule has 0 radical (unpaired) electrons. The van der Waals surface area contributed by atoms with Crippen LogP contribution in [0.4, 0.5) is 24.5 Å². The van der Waals surface area contributed by atoms with Crippen LogP contribution in [-0.4, -0.2) is 29.7 Å². The van der Waals surface area contributed by atoms with Crippen LogP contribution >= 0.6 is 0 Å². The predicted molar refractivity (Wildman–Crippen MR) is 89.4 cm³/mol. The maximum Gasteiger partial charge on any atom is 0.408 e. The van der Waals surface area contributed by atoms with Crippen molar-refractivity contribution in [3.05, 3.63) is 54.4 Å². The second-order valence-corrected chi connectivity index (χ2v) is 6.00. The number of amides is 1. The number of nitrogens with zero attached hydrogens (tertiary/aromatic N) is 2. The number of pyridine rings is 1. The fourth-order valence-electron chi connectivity index (χ4n) is 2.89. The molecule has 1 aromatic heterocycles. The molecule has 0 bridgehead atoms. The van der Waals surface area contributed by atoms with E-state index in [4.69, 9.17) is 0 Å². The molecule has 3 rings (SSSR count). The Balaban J connectivity index is 1.79. The van der Waals surface area contributed by atoms with Crippen LogP contribution in [0.25, 0.3) is 0 Å². The lowest BCUT2D eigenvalue weighted by atomic mass is 10.1. The molecule has 1 saturated heterocycles. The minimum absolute atomic E-state index is 0.00121. The van der Waals surface area contributed by atoms with E-state index in [1.165, 1.54) is 12.4 Å². The lowest BCUT2D eigenvalue weighted by molar-refractivity contribution is -0.142. The molecule has 0 aliphatic carbocycles. The van der Waals surface area contributed by atoms with Gasteiger partial charge in [-0.1, -0.05) is 6.07 Å². The minimum Gasteiger partial charge on any atom is -0.374 e. The Labute approximate surface area is 143 Å². The molecule has 2 heterocycles. The molecule has 4 nitrogen and oxygen atoms in total. The first kappa shape index (κ1) is 17.3. The topological polar surface area (TPSA) is 45.2 Å². The van der Waals surface area contributed by atoms with Crippen molar-refractivity contribution in [3.63, 3.8) is 0 Å². The van der Waals surface area contributed by atoms with Crippen LogP contribution in [-0.2, 0) is 11.2 Å². The van der Waals surface area contributed by atoms with Gasteiger partial charge < -0.3 is 10.2 Å². The molecule has 0 spiro atoms. The van der Waals surface area contributed by atoms with Crippen molar-refractivity contribution in [2.45, 2.75) is 31.5 Å². The molecule has 25 heavy (non-hydrogen) atoms. The van der Waals surface area contributed by atoms with E-state index in [0.29, 0.717) is 29.9 Å². The molecule has 1 aromatic carbocycles. The summed E-state index contributed by atoms with van der Waals surface area (Å²) >= 11 is 0. The third kappa shape index (κ3) is 4.29. The van der Waals surface area contributed by atoms with Crippen LogP contribution < -0.4 is 10.2 Å². The Bertz CT molecular complexity index is 734. The second-order valence-electron chi connectivity index (χ2n) is 6.00. The number of hydrogen-bond donors (Lipinski definition) is 1. The van der Waals surface area contributed by atoms with E-state index < -0.39 is 12.2 Å². The van der Waals surface area contributed by atoms with Crippen LogP contribution in [0.15, 0.2) is 48.8 Å². The molecule has 0 saturated carbocycles. The zero-order chi connectivity index (χ0) is 17.9. The Morgan fingerprint density at radius 1 is 1.20 bits per heavy atom. The number of rotatable bonds is 5. The minimum atomic E-state index is -4.40. The molecule has 1 N–H and O–H groups in total. The maximum atomic E-state index is 13.4. The first-order chi connectivity index (χ1) is 11.9. The molecule has 1 aliphatic heterocycles. The van der Waals surface area contributed by atoms with Gasteiger partial charge in [0.25, 0.3) is 0 Å². The highest BCUT2D eigenvalue weighted by atomic mass is 19.4. The molecule has 1 aliphatic rings. The standard InChI is InChI=1S/C18H18F3N3O/c19-18(20,21)16(11-13-6-8-22-9-7-13)23-14-3-1-4-15(12-14)24-10-2-5-17(24)25/h1,3-4,6-9,12,16,23H,2,5,10-11H2/t16-/m0/s1. The highest BCUT2D eigenvalue weighted by Gasteiger charge is 2.39. The normalized spacial score (nSPS) is 16.1. The number of anilines is 2. The van der Waals surface area contributed by atoms with E-state index in [1.807, 2.05) is 0 Å². The molecule has 2 aromatic rings. The zero-order valence-electron chi connectivity index (χ0n) is 13.5. The third-order valence-corrected chi connectivity index (χ3v) is 4.16. The molecule has 7 heteroatoms. The van der Waals surface area contributed by atoms with Crippen molar-refractivity contribution in [3.8, 4) is 0 Å². The Hall–Kier alpha value is -2.57. The van der Waals surface area contributed by atoms with Crippen molar-refractivity contribution >= 4 is 17.3 Å². The lowest BCUT2D eigenvalue weighted by Gasteiger charge is -2.24. The zero-order valence-corrected chi connectivity index (χ0v) is 13.5. The van der Waals surface area contributed by atoms with Gasteiger partial charge in [0.1, 0.15) is 6.04 Å². The number of alkyl halides is 3. The van der Waals surface area contributed by atoms with Gasteiger partial charge in [0.2, 0.25) is 5.91 Å². The first-order valence-electron chi connectivity index (χ1n) is 8.06. The van der Waals surface area contributed by atoms with Crippen LogP contribution in [0.3, 0.4) is 0 Å². The average Bonchev–Trinajstić information content (AvgIpc) is 3.01. The summed E-state index contributed by atoms with van der Waals surface area (Å²) < 4.78 is 40.2. The Kier molecular flexibility index (Phi) is 4.92. The summed E-state index contributed by atoms with van der Waals surface area (Å²) in [5, 5.41) is 2.56. The van der Waals surface area contributed by atoms with E-state index in [-0.39, 0.29) is 12.3 Å². The van der Waals surface area contributed by atoms with Gasteiger partial charge in [-0.05, 0) is 42.3 Å². The quantitative estimate of drug-likeness (QED) is 0.893. The van der Waals surface area contributed by atoms with Crippen molar-refractivity contribution in [1.29, 1.82) is 0 Å². The highest BCUT2D eigenvalue weighted by Crippen LogP contribution is 2.29. The SMILES string of the molecule is O=C1CCCN1c1cccc(N[C@@H](Cc2ccncc2)C(F)(F)F)c1. The van der Waals surface area contributed by atoms with Crippen LogP contribution in [0, 0.1) is 0 Å². The van der Waals surface area contributed by atoms with Crippen molar-refractivity contribution < 1.29 is 18.0 Å². The van der Waals surface area contributed by atoms with Gasteiger partial charge >= 0.3 is 6.18 Å². The molecule has 132 valence electrons. The summed E-state index contributed by atoms with van der Waals surface area (Å²) in [5.74, 6) is 0.00121. The fraction of sp³-hybridized carbons (Fsp3) is 0.333. The van der Waals surface area contributed by atoms with Crippen molar-refractivity contribution in [1.82, 2.24) is 4.98 Å². The van der Waals surface area contributed by atoms with E-state index in [0.717, 1.165) is 6.42 Å². The van der Waals surface area contributed by atoms with Gasteiger partial charge in [0.15, 0.2) is 0 Å². The monoisotopic (exact) mass is 349 g/mol. The summed E-state index contributed by atoms with van der Waals surface area (Å²) in [5.41, 5.74) is 1.52. The molecule has 0 unspecified atom stereocenters. The van der Waals surface area contributed by atoms with Crippen LogP contribution in [0.1, 0.15) is 18.4 Å². The predicted octanol–water partition coefficient (Wildman–Crippen LogP) is 3.79. The number of aromatic nitrogens is 1. The maximum absolute atomic E-state index is 13.4. The summed E-state index contributed by atoms with van der Waals surface area (Å²) in [6.45, 7) is 0.599. The number of nitrogens with one attached hydrogen (secondary N) is 1. The third-order valence-electron chi connectivity index (χ3n) is 4.16. The van der Waals surface area contributed by atoms with Crippen molar-refractivity contribution in [2.75, 3.05) is 16.8 Å². The lowest BCUT2D eigenvalue weighted by Crippen LogP contribution is -2.38. The van der Waals surface area contributed by atoms with Gasteiger partial charge in [-0.25, -0.2) is 0 Å². The number of halogens is 3. The fourth-order valence-corrected chi connectivity index (χ4v) is 2.89. The number of hydrogen-bond acceptors (Lipinski definition) is 3. The van der Waals surface area contributed by atoms with E-state index in [1.54, 1.807) is 41.3 Å². The first-order valence-corrected chi connectivity index (χ1v) is 8.06.